The van der Waals surface area contributed by atoms with Gasteiger partial charge in [0, 0.05) is 18.0 Å². The summed E-state index contributed by atoms with van der Waals surface area (Å²) in [6, 6.07) is 2.06. The number of fused-ring (bicyclic) bond motifs is 1. The summed E-state index contributed by atoms with van der Waals surface area (Å²) >= 11 is 7.51. The maximum Gasteiger partial charge on any atom is 0.225 e. The van der Waals surface area contributed by atoms with Crippen LogP contribution in [0.1, 0.15) is 11.3 Å². The van der Waals surface area contributed by atoms with E-state index < -0.39 is 0 Å². The van der Waals surface area contributed by atoms with Crippen LogP contribution < -0.4 is 5.32 Å². The highest BCUT2D eigenvalue weighted by molar-refractivity contribution is 7.18. The minimum absolute atomic E-state index is 0.0593. The first-order chi connectivity index (χ1) is 9.20. The monoisotopic (exact) mass is 301 g/mol. The average Bonchev–Trinajstić information content (AvgIpc) is 2.73. The lowest BCUT2D eigenvalue weighted by Crippen LogP contribution is -2.09. The largest absolute Gasteiger partial charge is 0.394 e. The first kappa shape index (κ1) is 14.5. The van der Waals surface area contributed by atoms with Gasteiger partial charge in [0.2, 0.25) is 5.28 Å². The van der Waals surface area contributed by atoms with Crippen LogP contribution in [0, 0.1) is 6.92 Å². The lowest BCUT2D eigenvalue weighted by atomic mass is 10.3. The summed E-state index contributed by atoms with van der Waals surface area (Å²) in [6.07, 6.45) is 0.840. The van der Waals surface area contributed by atoms with E-state index in [4.69, 9.17) is 21.4 Å². The Balaban J connectivity index is 1.96. The lowest BCUT2D eigenvalue weighted by Gasteiger charge is -2.07. The first-order valence-electron chi connectivity index (χ1n) is 6.07. The van der Waals surface area contributed by atoms with E-state index in [1.54, 1.807) is 11.3 Å². The van der Waals surface area contributed by atoms with E-state index >= 15 is 0 Å². The maximum absolute atomic E-state index is 8.58. The first-order valence-corrected chi connectivity index (χ1v) is 7.26. The Kier molecular flexibility index (Phi) is 5.33. The molecule has 0 spiro atoms. The Morgan fingerprint density at radius 2 is 2.26 bits per heavy atom. The van der Waals surface area contributed by atoms with E-state index in [0.717, 1.165) is 29.0 Å². The minimum atomic E-state index is 0.0593. The van der Waals surface area contributed by atoms with Crippen LogP contribution in [0.15, 0.2) is 6.07 Å². The highest BCUT2D eigenvalue weighted by Gasteiger charge is 2.09. The number of hydrogen-bond acceptors (Lipinski definition) is 6. The highest BCUT2D eigenvalue weighted by atomic mass is 35.5. The van der Waals surface area contributed by atoms with Crippen molar-refractivity contribution in [2.45, 2.75) is 13.3 Å². The third-order valence-electron chi connectivity index (χ3n) is 2.48. The fourth-order valence-corrected chi connectivity index (χ4v) is 2.80. The second kappa shape index (κ2) is 7.00. The molecule has 104 valence electrons. The van der Waals surface area contributed by atoms with Crippen molar-refractivity contribution in [3.8, 4) is 0 Å². The fourth-order valence-electron chi connectivity index (χ4n) is 1.70. The summed E-state index contributed by atoms with van der Waals surface area (Å²) in [4.78, 5) is 10.5. The van der Waals surface area contributed by atoms with Crippen LogP contribution in [0.5, 0.6) is 0 Å². The van der Waals surface area contributed by atoms with Crippen molar-refractivity contribution < 1.29 is 9.84 Å². The fraction of sp³-hybridized carbons (Fsp3) is 0.500. The summed E-state index contributed by atoms with van der Waals surface area (Å²) in [7, 11) is 0. The number of anilines is 1. The van der Waals surface area contributed by atoms with Gasteiger partial charge in [-0.15, -0.1) is 11.3 Å². The standard InChI is InChI=1S/C12H16ClN3O2S/c1-8-7-9-10(14-3-2-5-18-6-4-17)15-12(13)16-11(9)19-8/h7,17H,2-6H2,1H3,(H,14,15,16). The molecule has 0 amide bonds. The zero-order valence-corrected chi connectivity index (χ0v) is 12.2. The predicted octanol–water partition coefficient (Wildman–Crippen LogP) is 2.46. The zero-order valence-electron chi connectivity index (χ0n) is 10.6. The Hall–Kier alpha value is -0.950. The highest BCUT2D eigenvalue weighted by Crippen LogP contribution is 2.29. The van der Waals surface area contributed by atoms with Crippen LogP contribution in [0.4, 0.5) is 5.82 Å². The number of nitrogens with zero attached hydrogens (tertiary/aromatic N) is 2. The molecule has 0 atom stereocenters. The van der Waals surface area contributed by atoms with Crippen molar-refractivity contribution in [1.29, 1.82) is 0 Å². The van der Waals surface area contributed by atoms with Crippen molar-refractivity contribution in [1.82, 2.24) is 9.97 Å². The number of aliphatic hydroxyl groups excluding tert-OH is 1. The molecule has 0 aliphatic rings. The molecule has 0 saturated heterocycles. The van der Waals surface area contributed by atoms with Gasteiger partial charge in [-0.2, -0.15) is 0 Å². The molecule has 2 aromatic heterocycles. The van der Waals surface area contributed by atoms with E-state index in [-0.39, 0.29) is 11.9 Å². The number of aryl methyl sites for hydroxylation is 1. The number of nitrogens with one attached hydrogen (secondary N) is 1. The summed E-state index contributed by atoms with van der Waals surface area (Å²) in [5.74, 6) is 0.765. The molecule has 2 aromatic rings. The van der Waals surface area contributed by atoms with Crippen molar-refractivity contribution >= 4 is 39.0 Å². The minimum Gasteiger partial charge on any atom is -0.394 e. The van der Waals surface area contributed by atoms with E-state index in [0.29, 0.717) is 13.2 Å². The molecule has 2 rings (SSSR count). The normalized spacial score (nSPS) is 11.1. The number of halogens is 1. The topological polar surface area (TPSA) is 67.3 Å². The Morgan fingerprint density at radius 3 is 3.05 bits per heavy atom. The van der Waals surface area contributed by atoms with Crippen LogP contribution in [0.25, 0.3) is 10.2 Å². The number of aliphatic hydroxyl groups is 1. The van der Waals surface area contributed by atoms with Crippen LogP contribution in [0.3, 0.4) is 0 Å². The molecule has 0 radical (unpaired) electrons. The quantitative estimate of drug-likeness (QED) is 0.607. The van der Waals surface area contributed by atoms with Gasteiger partial charge in [0.05, 0.1) is 18.6 Å². The molecular weight excluding hydrogens is 286 g/mol. The van der Waals surface area contributed by atoms with Gasteiger partial charge in [-0.25, -0.2) is 9.97 Å². The smallest absolute Gasteiger partial charge is 0.225 e. The second-order valence-electron chi connectivity index (χ2n) is 4.03. The maximum atomic E-state index is 8.58. The molecule has 0 aliphatic heterocycles. The third-order valence-corrected chi connectivity index (χ3v) is 3.60. The van der Waals surface area contributed by atoms with Crippen LogP contribution in [0.2, 0.25) is 5.28 Å². The van der Waals surface area contributed by atoms with Crippen molar-refractivity contribution in [2.75, 3.05) is 31.7 Å². The molecule has 19 heavy (non-hydrogen) atoms. The number of rotatable bonds is 7. The predicted molar refractivity (Wildman–Crippen MR) is 78.2 cm³/mol. The SMILES string of the molecule is Cc1cc2c(NCCCOCCO)nc(Cl)nc2s1. The van der Waals surface area contributed by atoms with Crippen molar-refractivity contribution in [3.05, 3.63) is 16.2 Å². The molecule has 0 fully saturated rings. The molecule has 5 nitrogen and oxygen atoms in total. The number of hydrogen-bond donors (Lipinski definition) is 2. The summed E-state index contributed by atoms with van der Waals surface area (Å²) in [6.45, 7) is 3.82. The summed E-state index contributed by atoms with van der Waals surface area (Å²) in [5.41, 5.74) is 0. The third kappa shape index (κ3) is 4.01. The van der Waals surface area contributed by atoms with Gasteiger partial charge < -0.3 is 15.2 Å². The summed E-state index contributed by atoms with van der Waals surface area (Å²) in [5, 5.41) is 13.1. The Bertz CT molecular complexity index is 547. The Morgan fingerprint density at radius 1 is 1.42 bits per heavy atom. The number of ether oxygens (including phenoxy) is 1. The molecule has 7 heteroatoms. The van der Waals surface area contributed by atoms with Crippen molar-refractivity contribution in [2.24, 2.45) is 0 Å². The second-order valence-corrected chi connectivity index (χ2v) is 5.61. The Labute approximate surface area is 120 Å². The van der Waals surface area contributed by atoms with E-state index in [1.165, 1.54) is 4.88 Å². The number of thiophene rings is 1. The molecule has 2 N–H and O–H groups in total. The van der Waals surface area contributed by atoms with Gasteiger partial charge in [0.1, 0.15) is 10.6 Å². The molecule has 2 heterocycles. The van der Waals surface area contributed by atoms with Gasteiger partial charge in [0.25, 0.3) is 0 Å². The van der Waals surface area contributed by atoms with Gasteiger partial charge in [-0.3, -0.25) is 0 Å². The lowest BCUT2D eigenvalue weighted by molar-refractivity contribution is 0.0922. The summed E-state index contributed by atoms with van der Waals surface area (Å²) < 4.78 is 5.19. The van der Waals surface area contributed by atoms with E-state index in [2.05, 4.69) is 21.4 Å². The van der Waals surface area contributed by atoms with Crippen molar-refractivity contribution in [3.63, 3.8) is 0 Å². The van der Waals surface area contributed by atoms with Crippen LogP contribution >= 0.6 is 22.9 Å². The molecular formula is C12H16ClN3O2S. The molecule has 0 aromatic carbocycles. The van der Waals surface area contributed by atoms with Gasteiger partial charge in [-0.05, 0) is 31.0 Å². The van der Waals surface area contributed by atoms with Crippen LogP contribution in [-0.2, 0) is 4.74 Å². The van der Waals surface area contributed by atoms with E-state index in [1.807, 2.05) is 6.92 Å². The molecule has 0 aliphatic carbocycles. The van der Waals surface area contributed by atoms with E-state index in [9.17, 15) is 0 Å². The van der Waals surface area contributed by atoms with Gasteiger partial charge >= 0.3 is 0 Å². The molecule has 0 saturated carbocycles. The number of aromatic nitrogens is 2. The molecule has 0 bridgehead atoms. The van der Waals surface area contributed by atoms with Crippen LogP contribution in [-0.4, -0.2) is 41.4 Å². The molecule has 0 unspecified atom stereocenters. The van der Waals surface area contributed by atoms with Gasteiger partial charge in [-0.1, -0.05) is 0 Å². The average molecular weight is 302 g/mol. The van der Waals surface area contributed by atoms with Gasteiger partial charge in [0.15, 0.2) is 0 Å². The zero-order chi connectivity index (χ0) is 13.7.